The topological polar surface area (TPSA) is 195 Å². The summed E-state index contributed by atoms with van der Waals surface area (Å²) in [7, 11) is -9.08. The molecule has 2 aliphatic heterocycles. The van der Waals surface area contributed by atoms with E-state index in [1.165, 1.54) is 5.56 Å². The van der Waals surface area contributed by atoms with Crippen LogP contribution in [0, 0.1) is 53.3 Å². The van der Waals surface area contributed by atoms with Crippen molar-refractivity contribution < 1.29 is 50.5 Å². The minimum absolute atomic E-state index is 0.00153. The van der Waals surface area contributed by atoms with Crippen molar-refractivity contribution in [3.05, 3.63) is 83.0 Å². The number of para-hydroxylation sites is 2. The molecule has 16 heteroatoms. The number of nitrogens with one attached hydrogen (secondary N) is 2. The molecule has 13 nitrogen and oxygen atoms in total. The van der Waals surface area contributed by atoms with E-state index in [2.05, 4.69) is 102 Å². The zero-order valence-electron chi connectivity index (χ0n) is 45.2. The molecule has 2 heterocycles. The van der Waals surface area contributed by atoms with Gasteiger partial charge in [-0.3, -0.25) is 19.0 Å². The van der Waals surface area contributed by atoms with Crippen molar-refractivity contribution in [1.29, 1.82) is 0 Å². The summed E-state index contributed by atoms with van der Waals surface area (Å²) in [5.41, 5.74) is 4.29. The van der Waals surface area contributed by atoms with Crippen molar-refractivity contribution >= 4 is 40.2 Å². The molecule has 2 aromatic rings. The number of carbonyl (C=O) groups is 2. The van der Waals surface area contributed by atoms with Crippen LogP contribution in [0.15, 0.2) is 60.7 Å². The number of ether oxygens (including phenoxy) is 2. The predicted molar refractivity (Wildman–Crippen MR) is 291 cm³/mol. The van der Waals surface area contributed by atoms with Gasteiger partial charge in [0.05, 0.1) is 30.8 Å². The molecule has 0 spiro atoms. The Bertz CT molecular complexity index is 2670. The molecule has 2 amide bonds. The van der Waals surface area contributed by atoms with Gasteiger partial charge in [0, 0.05) is 73.3 Å². The van der Waals surface area contributed by atoms with E-state index in [-0.39, 0.29) is 65.8 Å². The van der Waals surface area contributed by atoms with Crippen LogP contribution >= 0.6 is 0 Å². The maximum absolute atomic E-state index is 12.0. The molecule has 2 aliphatic carbocycles. The van der Waals surface area contributed by atoms with Crippen molar-refractivity contribution in [2.75, 3.05) is 12.5 Å². The smallest absolute Gasteiger partial charge is 0.233 e. The Hall–Kier alpha value is -4.42. The Morgan fingerprint density at radius 1 is 0.767 bits per heavy atom. The van der Waals surface area contributed by atoms with E-state index in [4.69, 9.17) is 13.9 Å². The molecular formula is C57H82N2O11S2Si. The summed E-state index contributed by atoms with van der Waals surface area (Å²) in [5.74, 6) is 14.0. The van der Waals surface area contributed by atoms with Gasteiger partial charge in [0.2, 0.25) is 31.9 Å². The van der Waals surface area contributed by atoms with E-state index in [0.29, 0.717) is 50.4 Å². The number of hydrogen-bond acceptors (Lipinski definition) is 11. The van der Waals surface area contributed by atoms with Gasteiger partial charge in [-0.25, -0.2) is 16.8 Å². The highest BCUT2D eigenvalue weighted by atomic mass is 32.2. The molecule has 2 aromatic carbocycles. The van der Waals surface area contributed by atoms with Crippen LogP contribution in [-0.2, 0) is 46.9 Å². The quantitative estimate of drug-likeness (QED) is 0.0562. The number of hydrogen-bond donors (Lipinski definition) is 4. The Balaban J connectivity index is 0.000000276. The number of aliphatic hydroxyl groups is 2. The molecule has 0 aromatic heterocycles. The van der Waals surface area contributed by atoms with Crippen LogP contribution in [0.4, 0.5) is 0 Å². The molecule has 2 saturated carbocycles. The molecule has 4 N–H and O–H groups in total. The van der Waals surface area contributed by atoms with Crippen molar-refractivity contribution in [3.63, 3.8) is 0 Å². The van der Waals surface area contributed by atoms with Gasteiger partial charge in [-0.05, 0) is 86.5 Å². The standard InChI is InChI=1S/C32H49NO5SSi.C25H33NO6S/c1-10-11-14-22(2)23(3)19-20-25-27(38-40(8,9)32(4,5)6)21-28-30(25)26-17-12-15-24(31(26)37-28)16-13-18-29(34)33-39(7,35)36;1-4-5-8-16(2)20(27)14-13-18-21(28)15-22-24(18)19-11-6-9-17(25(19)32-22)10-7-12-23(29)26-33(3,30)31/h12,15,17,19-20,22-23,25,27-28,30H,13-14,16,18,21H2,1-9H3,(H,33,34);6,9,11,13-14,16,18,20-22,24,27-28H,7-8,10,12,15H2,1-3H3,(H,26,29)/b20-19+;14-13+/t22-,23+,25-,27+,28-,30-;16-,18-,20+,21+,22-,24-/m00/s1. The van der Waals surface area contributed by atoms with Gasteiger partial charge >= 0.3 is 0 Å². The third-order valence-electron chi connectivity index (χ3n) is 15.4. The van der Waals surface area contributed by atoms with E-state index >= 15 is 0 Å². The fraction of sp³-hybridized carbons (Fsp3) is 0.614. The lowest BCUT2D eigenvalue weighted by Gasteiger charge is -2.40. The Kier molecular flexibility index (Phi) is 20.7. The Labute approximate surface area is 438 Å². The molecule has 4 aliphatic rings. The zero-order valence-corrected chi connectivity index (χ0v) is 47.8. The number of amides is 2. The SMILES string of the molecule is CC#CC[C@H](C)[C@H](C)/C=C/[C@@H]1[C@H]2c3cccc(CCCC(=O)NS(C)(=O)=O)c3O[C@H]2C[C@H]1O[Si](C)(C)C(C)(C)C.CC#CC[C@H](C)[C@H](O)/C=C/[C@@H]1[C@H]2c3cccc(CCCC(=O)NS(C)(=O)=O)c3O[C@H]2C[C@H]1O. The third kappa shape index (κ3) is 16.3. The number of benzene rings is 2. The van der Waals surface area contributed by atoms with Crippen molar-refractivity contribution in [1.82, 2.24) is 9.44 Å². The molecule has 0 saturated heterocycles. The van der Waals surface area contributed by atoms with Crippen LogP contribution in [0.25, 0.3) is 0 Å². The largest absolute Gasteiger partial charge is 0.489 e. The maximum Gasteiger partial charge on any atom is 0.233 e. The van der Waals surface area contributed by atoms with Crippen LogP contribution in [-0.4, -0.2) is 90.2 Å². The van der Waals surface area contributed by atoms with Crippen LogP contribution in [0.1, 0.15) is 141 Å². The number of allylic oxidation sites excluding steroid dienone is 1. The molecule has 12 atom stereocenters. The number of aryl methyl sites for hydroxylation is 2. The molecule has 73 heavy (non-hydrogen) atoms. The van der Waals surface area contributed by atoms with E-state index in [0.717, 1.165) is 53.5 Å². The molecule has 0 unspecified atom stereocenters. The normalized spacial score (nSPS) is 24.7. The van der Waals surface area contributed by atoms with Gasteiger partial charge in [0.1, 0.15) is 23.7 Å². The number of fused-ring (bicyclic) bond motifs is 6. The summed E-state index contributed by atoms with van der Waals surface area (Å²) >= 11 is 0. The van der Waals surface area contributed by atoms with Crippen molar-refractivity contribution in [2.24, 2.45) is 29.6 Å². The average Bonchev–Trinajstić information content (AvgIpc) is 4.02. The fourth-order valence-electron chi connectivity index (χ4n) is 10.1. The van der Waals surface area contributed by atoms with Crippen LogP contribution < -0.4 is 18.9 Å². The highest BCUT2D eigenvalue weighted by molar-refractivity contribution is 7.89. The fourth-order valence-corrected chi connectivity index (χ4v) is 12.5. The molecule has 2 fully saturated rings. The summed E-state index contributed by atoms with van der Waals surface area (Å²) in [6, 6.07) is 12.2. The Morgan fingerprint density at radius 2 is 1.23 bits per heavy atom. The van der Waals surface area contributed by atoms with Gasteiger partial charge in [0.25, 0.3) is 0 Å². The number of aliphatic hydroxyl groups excluding tert-OH is 2. The minimum atomic E-state index is -3.55. The second-order valence-electron chi connectivity index (χ2n) is 22.3. The van der Waals surface area contributed by atoms with Crippen molar-refractivity contribution in [2.45, 2.75) is 180 Å². The first-order chi connectivity index (χ1) is 34.1. The summed E-state index contributed by atoms with van der Waals surface area (Å²) in [6.07, 6.45) is 14.6. The summed E-state index contributed by atoms with van der Waals surface area (Å²) in [6.45, 7) is 21.6. The van der Waals surface area contributed by atoms with E-state index in [1.54, 1.807) is 13.0 Å². The molecule has 402 valence electrons. The summed E-state index contributed by atoms with van der Waals surface area (Å²) in [5, 5.41) is 21.2. The predicted octanol–water partition coefficient (Wildman–Crippen LogP) is 8.86. The van der Waals surface area contributed by atoms with Gasteiger partial charge in [-0.2, -0.15) is 0 Å². The maximum atomic E-state index is 12.0. The first-order valence-corrected chi connectivity index (χ1v) is 32.6. The first-order valence-electron chi connectivity index (χ1n) is 25.9. The van der Waals surface area contributed by atoms with Crippen molar-refractivity contribution in [3.8, 4) is 35.2 Å². The number of rotatable bonds is 20. The summed E-state index contributed by atoms with van der Waals surface area (Å²) < 4.78 is 69.0. The lowest BCUT2D eigenvalue weighted by molar-refractivity contribution is -0.120. The highest BCUT2D eigenvalue weighted by Gasteiger charge is 2.53. The lowest BCUT2D eigenvalue weighted by Crippen LogP contribution is -2.45. The summed E-state index contributed by atoms with van der Waals surface area (Å²) in [4.78, 5) is 23.8. The molecular weight excluding hydrogens is 981 g/mol. The lowest BCUT2D eigenvalue weighted by atomic mass is 9.85. The minimum Gasteiger partial charge on any atom is -0.489 e. The zero-order chi connectivity index (χ0) is 54.1. The molecule has 0 bridgehead atoms. The van der Waals surface area contributed by atoms with Gasteiger partial charge in [0.15, 0.2) is 8.32 Å². The second-order valence-corrected chi connectivity index (χ2v) is 30.5. The van der Waals surface area contributed by atoms with Crippen LogP contribution in [0.5, 0.6) is 11.5 Å². The van der Waals surface area contributed by atoms with Gasteiger partial charge in [-0.15, -0.1) is 23.7 Å². The number of carbonyl (C=O) groups excluding carboxylic acids is 2. The molecule has 0 radical (unpaired) electrons. The van der Waals surface area contributed by atoms with E-state index in [9.17, 15) is 36.6 Å². The van der Waals surface area contributed by atoms with Crippen LogP contribution in [0.2, 0.25) is 18.1 Å². The molecule has 6 rings (SSSR count). The average molecular weight is 1060 g/mol. The van der Waals surface area contributed by atoms with E-state index in [1.807, 2.05) is 47.6 Å². The van der Waals surface area contributed by atoms with E-state index < -0.39 is 52.4 Å². The second kappa shape index (κ2) is 25.4. The van der Waals surface area contributed by atoms with Crippen LogP contribution in [0.3, 0.4) is 0 Å². The highest BCUT2D eigenvalue weighted by Crippen LogP contribution is 2.55. The van der Waals surface area contributed by atoms with Gasteiger partial charge < -0.3 is 24.1 Å². The van der Waals surface area contributed by atoms with Gasteiger partial charge in [-0.1, -0.05) is 102 Å². The monoisotopic (exact) mass is 1060 g/mol. The Morgan fingerprint density at radius 3 is 1.71 bits per heavy atom. The number of sulfonamides is 2. The first kappa shape index (κ1) is 59.5. The third-order valence-corrected chi connectivity index (χ3v) is 21.1.